The average molecular weight is 351 g/mol. The number of hydrogen-bond acceptors (Lipinski definition) is 3. The summed E-state index contributed by atoms with van der Waals surface area (Å²) in [7, 11) is 0. The number of carbonyl (C=O) groups excluding carboxylic acids is 2. The van der Waals surface area contributed by atoms with Crippen LogP contribution in [0.3, 0.4) is 0 Å². The number of hydrogen-bond donors (Lipinski definition) is 2. The number of esters is 1. The smallest absolute Gasteiger partial charge is 0.342 e. The minimum absolute atomic E-state index is 0.281. The van der Waals surface area contributed by atoms with Gasteiger partial charge in [0, 0.05) is 21.9 Å². The number of H-pyrrole nitrogens is 1. The van der Waals surface area contributed by atoms with Gasteiger partial charge in [-0.05, 0) is 38.1 Å². The molecule has 0 saturated carbocycles. The number of benzene rings is 1. The zero-order valence-electron chi connectivity index (χ0n) is 11.7. The van der Waals surface area contributed by atoms with E-state index in [4.69, 9.17) is 4.74 Å². The van der Waals surface area contributed by atoms with Crippen LogP contribution in [0.1, 0.15) is 33.3 Å². The molecule has 2 aromatic rings. The van der Waals surface area contributed by atoms with Gasteiger partial charge < -0.3 is 15.0 Å². The number of ether oxygens (including phenoxy) is 1. The summed E-state index contributed by atoms with van der Waals surface area (Å²) < 4.78 is 5.89. The Kier molecular flexibility index (Phi) is 4.80. The third-order valence-corrected chi connectivity index (χ3v) is 3.44. The normalized spacial score (nSPS) is 10.2. The van der Waals surface area contributed by atoms with Gasteiger partial charge in [0.15, 0.2) is 0 Å². The minimum atomic E-state index is -0.456. The van der Waals surface area contributed by atoms with Crippen molar-refractivity contribution in [3.8, 4) is 0 Å². The molecule has 0 fully saturated rings. The molecule has 0 aliphatic rings. The number of aryl methyl sites for hydroxylation is 1. The lowest BCUT2D eigenvalue weighted by Gasteiger charge is -2.07. The van der Waals surface area contributed by atoms with E-state index in [0.717, 1.165) is 4.47 Å². The van der Waals surface area contributed by atoms with Crippen LogP contribution < -0.4 is 5.32 Å². The highest BCUT2D eigenvalue weighted by molar-refractivity contribution is 9.10. The number of carbonyl (C=O) groups is 2. The number of amides is 1. The molecule has 5 nitrogen and oxygen atoms in total. The maximum Gasteiger partial charge on any atom is 0.342 e. The molecule has 21 heavy (non-hydrogen) atoms. The summed E-state index contributed by atoms with van der Waals surface area (Å²) in [6.45, 7) is 3.77. The van der Waals surface area contributed by atoms with E-state index in [1.165, 1.54) is 0 Å². The Hall–Kier alpha value is -2.08. The number of halogens is 1. The fourth-order valence-corrected chi connectivity index (χ4v) is 2.15. The van der Waals surface area contributed by atoms with Gasteiger partial charge in [-0.15, -0.1) is 0 Å². The summed E-state index contributed by atoms with van der Waals surface area (Å²) >= 11 is 3.31. The second-order valence-electron chi connectivity index (χ2n) is 4.38. The first-order valence-corrected chi connectivity index (χ1v) is 7.24. The van der Waals surface area contributed by atoms with Crippen molar-refractivity contribution in [1.29, 1.82) is 0 Å². The van der Waals surface area contributed by atoms with E-state index in [2.05, 4.69) is 26.2 Å². The molecular formula is C15H15BrN2O3. The van der Waals surface area contributed by atoms with Crippen LogP contribution in [0.2, 0.25) is 0 Å². The Bertz CT molecular complexity index is 662. The van der Waals surface area contributed by atoms with E-state index in [0.29, 0.717) is 22.5 Å². The molecule has 0 saturated heterocycles. The summed E-state index contributed by atoms with van der Waals surface area (Å²) in [5, 5.41) is 2.72. The van der Waals surface area contributed by atoms with E-state index < -0.39 is 5.97 Å². The van der Waals surface area contributed by atoms with Crippen LogP contribution in [-0.2, 0) is 4.74 Å². The number of aromatic nitrogens is 1. The third kappa shape index (κ3) is 3.52. The van der Waals surface area contributed by atoms with Gasteiger partial charge in [0.2, 0.25) is 0 Å². The van der Waals surface area contributed by atoms with E-state index in [1.807, 2.05) is 0 Å². The van der Waals surface area contributed by atoms with E-state index in [1.54, 1.807) is 44.3 Å². The van der Waals surface area contributed by atoms with Crippen LogP contribution >= 0.6 is 15.9 Å². The highest BCUT2D eigenvalue weighted by atomic mass is 79.9. The quantitative estimate of drug-likeness (QED) is 0.828. The molecule has 1 aromatic heterocycles. The third-order valence-electron chi connectivity index (χ3n) is 2.91. The predicted octanol–water partition coefficient (Wildman–Crippen LogP) is 3.51. The predicted molar refractivity (Wildman–Crippen MR) is 83.6 cm³/mol. The lowest BCUT2D eigenvalue weighted by molar-refractivity contribution is 0.0527. The van der Waals surface area contributed by atoms with Gasteiger partial charge in [0.05, 0.1) is 12.3 Å². The van der Waals surface area contributed by atoms with Crippen molar-refractivity contribution >= 4 is 33.5 Å². The molecule has 0 bridgehead atoms. The SMILES string of the molecule is CCOC(=O)c1c(NC(=O)c2ccc(Br)cc2)c[nH]c1C. The van der Waals surface area contributed by atoms with Gasteiger partial charge in [-0.3, -0.25) is 4.79 Å². The van der Waals surface area contributed by atoms with Crippen molar-refractivity contribution in [3.63, 3.8) is 0 Å². The van der Waals surface area contributed by atoms with Gasteiger partial charge in [0.25, 0.3) is 5.91 Å². The Morgan fingerprint density at radius 2 is 1.95 bits per heavy atom. The molecule has 1 aromatic carbocycles. The Labute approximate surface area is 130 Å². The zero-order chi connectivity index (χ0) is 15.4. The molecule has 6 heteroatoms. The summed E-state index contributed by atoms with van der Waals surface area (Å²) in [5.74, 6) is -0.741. The number of aromatic amines is 1. The first kappa shape index (κ1) is 15.3. The Morgan fingerprint density at radius 1 is 1.29 bits per heavy atom. The molecule has 2 rings (SSSR count). The Morgan fingerprint density at radius 3 is 2.57 bits per heavy atom. The minimum Gasteiger partial charge on any atom is -0.462 e. The summed E-state index contributed by atoms with van der Waals surface area (Å²) in [6, 6.07) is 6.96. The molecule has 0 spiro atoms. The molecule has 110 valence electrons. The fourth-order valence-electron chi connectivity index (χ4n) is 1.89. The highest BCUT2D eigenvalue weighted by Crippen LogP contribution is 2.21. The van der Waals surface area contributed by atoms with E-state index >= 15 is 0 Å². The first-order valence-electron chi connectivity index (χ1n) is 6.45. The molecule has 0 atom stereocenters. The molecule has 2 N–H and O–H groups in total. The lowest BCUT2D eigenvalue weighted by atomic mass is 10.2. The second-order valence-corrected chi connectivity index (χ2v) is 5.30. The topological polar surface area (TPSA) is 71.2 Å². The van der Waals surface area contributed by atoms with Crippen molar-refractivity contribution < 1.29 is 14.3 Å². The number of anilines is 1. The largest absolute Gasteiger partial charge is 0.462 e. The van der Waals surface area contributed by atoms with E-state index in [-0.39, 0.29) is 12.5 Å². The number of rotatable bonds is 4. The summed E-state index contributed by atoms with van der Waals surface area (Å²) in [6.07, 6.45) is 1.58. The number of nitrogens with one attached hydrogen (secondary N) is 2. The van der Waals surface area contributed by atoms with Gasteiger partial charge in [-0.2, -0.15) is 0 Å². The van der Waals surface area contributed by atoms with Gasteiger partial charge >= 0.3 is 5.97 Å². The summed E-state index contributed by atoms with van der Waals surface area (Å²) in [4.78, 5) is 27.0. The molecule has 0 unspecified atom stereocenters. The van der Waals surface area contributed by atoms with Crippen LogP contribution in [0.15, 0.2) is 34.9 Å². The van der Waals surface area contributed by atoms with Crippen molar-refractivity contribution in [3.05, 3.63) is 51.8 Å². The van der Waals surface area contributed by atoms with Crippen LogP contribution in [0.4, 0.5) is 5.69 Å². The fraction of sp³-hybridized carbons (Fsp3) is 0.200. The molecule has 0 aliphatic carbocycles. The Balaban J connectivity index is 2.22. The zero-order valence-corrected chi connectivity index (χ0v) is 13.3. The molecular weight excluding hydrogens is 336 g/mol. The van der Waals surface area contributed by atoms with Crippen LogP contribution in [0.5, 0.6) is 0 Å². The van der Waals surface area contributed by atoms with Crippen LogP contribution in [-0.4, -0.2) is 23.5 Å². The maximum absolute atomic E-state index is 12.2. The standard InChI is InChI=1S/C15H15BrN2O3/c1-3-21-15(20)13-9(2)17-8-12(13)18-14(19)10-4-6-11(16)7-5-10/h4-8,17H,3H2,1-2H3,(H,18,19). The average Bonchev–Trinajstić information content (AvgIpc) is 2.80. The van der Waals surface area contributed by atoms with E-state index in [9.17, 15) is 9.59 Å². The van der Waals surface area contributed by atoms with Crippen LogP contribution in [0, 0.1) is 6.92 Å². The lowest BCUT2D eigenvalue weighted by Crippen LogP contribution is -2.15. The molecule has 1 heterocycles. The molecule has 0 aliphatic heterocycles. The van der Waals surface area contributed by atoms with Crippen molar-refractivity contribution in [1.82, 2.24) is 4.98 Å². The van der Waals surface area contributed by atoms with Crippen molar-refractivity contribution in [2.45, 2.75) is 13.8 Å². The van der Waals surface area contributed by atoms with Crippen molar-refractivity contribution in [2.24, 2.45) is 0 Å². The second kappa shape index (κ2) is 6.58. The maximum atomic E-state index is 12.2. The summed E-state index contributed by atoms with van der Waals surface area (Å²) in [5.41, 5.74) is 1.92. The van der Waals surface area contributed by atoms with Gasteiger partial charge in [0.1, 0.15) is 5.56 Å². The monoisotopic (exact) mass is 350 g/mol. The highest BCUT2D eigenvalue weighted by Gasteiger charge is 2.19. The van der Waals surface area contributed by atoms with Crippen molar-refractivity contribution in [2.75, 3.05) is 11.9 Å². The molecule has 1 amide bonds. The first-order chi connectivity index (χ1) is 10.0. The van der Waals surface area contributed by atoms with Crippen LogP contribution in [0.25, 0.3) is 0 Å². The molecule has 0 radical (unpaired) electrons. The van der Waals surface area contributed by atoms with Gasteiger partial charge in [-0.1, -0.05) is 15.9 Å². The van der Waals surface area contributed by atoms with Gasteiger partial charge in [-0.25, -0.2) is 4.79 Å².